The molecule has 0 bridgehead atoms. The molecular weight excluding hydrogens is 304 g/mol. The molecule has 0 saturated carbocycles. The Balaban J connectivity index is 2.46. The molecule has 2 aromatic rings. The van der Waals surface area contributed by atoms with Crippen LogP contribution in [0.15, 0.2) is 60.7 Å². The lowest BCUT2D eigenvalue weighted by molar-refractivity contribution is -0.138. The van der Waals surface area contributed by atoms with Crippen LogP contribution in [-0.2, 0) is 4.79 Å². The lowest BCUT2D eigenvalue weighted by atomic mass is 9.97. The van der Waals surface area contributed by atoms with E-state index < -0.39 is 20.0 Å². The summed E-state index contributed by atoms with van der Waals surface area (Å²) < 4.78 is 2.16. The molecule has 23 heavy (non-hydrogen) atoms. The summed E-state index contributed by atoms with van der Waals surface area (Å²) in [7, 11) is 0.946. The van der Waals surface area contributed by atoms with Crippen LogP contribution in [0.3, 0.4) is 0 Å². The van der Waals surface area contributed by atoms with E-state index in [1.165, 1.54) is 10.6 Å². The topological polar surface area (TPSA) is 40.5 Å². The first-order chi connectivity index (χ1) is 11.1. The van der Waals surface area contributed by atoms with Crippen molar-refractivity contribution in [1.29, 1.82) is 0 Å². The zero-order chi connectivity index (χ0) is 16.7. The van der Waals surface area contributed by atoms with Gasteiger partial charge in [0.25, 0.3) is 0 Å². The van der Waals surface area contributed by atoms with Crippen LogP contribution in [0, 0.1) is 0 Å². The van der Waals surface area contributed by atoms with Gasteiger partial charge in [0.2, 0.25) is 0 Å². The van der Waals surface area contributed by atoms with Crippen LogP contribution in [0.5, 0.6) is 0 Å². The molecule has 0 aromatic heterocycles. The lowest BCUT2D eigenvalue weighted by Gasteiger charge is -2.35. The molecule has 0 saturated heterocycles. The van der Waals surface area contributed by atoms with E-state index in [1.54, 1.807) is 7.85 Å². The van der Waals surface area contributed by atoms with Gasteiger partial charge in [0, 0.05) is 14.6 Å². The van der Waals surface area contributed by atoms with Crippen LogP contribution in [0.2, 0.25) is 0 Å². The molecule has 2 aromatic carbocycles. The molecule has 120 valence electrons. The van der Waals surface area contributed by atoms with Crippen LogP contribution in [0.4, 0.5) is 0 Å². The van der Waals surface area contributed by atoms with Gasteiger partial charge in [-0.25, -0.2) is 0 Å². The minimum atomic E-state index is -0.845. The molecule has 0 amide bonds. The van der Waals surface area contributed by atoms with Crippen molar-refractivity contribution in [3.63, 3.8) is 0 Å². The third kappa shape index (κ3) is 4.67. The molecular formula is C18H23BNO2P. The fourth-order valence-corrected chi connectivity index (χ4v) is 5.09. The van der Waals surface area contributed by atoms with Gasteiger partial charge in [0.05, 0.1) is 5.94 Å². The number of benzene rings is 2. The quantitative estimate of drug-likeness (QED) is 0.597. The van der Waals surface area contributed by atoms with Crippen LogP contribution in [0.25, 0.3) is 0 Å². The number of hydrogen-bond acceptors (Lipinski definition) is 2. The summed E-state index contributed by atoms with van der Waals surface area (Å²) in [5.74, 6) is -1.27. The number of rotatable bonds is 8. The van der Waals surface area contributed by atoms with Crippen LogP contribution < -0.4 is 10.6 Å². The maximum Gasteiger partial charge on any atom is 0.312 e. The Morgan fingerprint density at radius 2 is 1.57 bits per heavy atom. The molecule has 0 fully saturated rings. The second-order valence-corrected chi connectivity index (χ2v) is 7.68. The van der Waals surface area contributed by atoms with E-state index in [0.29, 0.717) is 0 Å². The Bertz CT molecular complexity index is 569. The molecule has 3 nitrogen and oxygen atoms in total. The second-order valence-electron chi connectivity index (χ2n) is 5.51. The van der Waals surface area contributed by atoms with Crippen molar-refractivity contribution in [3.8, 4) is 0 Å². The van der Waals surface area contributed by atoms with E-state index in [-0.39, 0.29) is 0 Å². The summed E-state index contributed by atoms with van der Waals surface area (Å²) >= 11 is 0. The number of carboxylic acid groups (broad SMARTS) is 1. The number of nitrogens with zero attached hydrogens (tertiary/aromatic N) is 1. The van der Waals surface area contributed by atoms with Crippen molar-refractivity contribution < 1.29 is 9.90 Å². The summed E-state index contributed by atoms with van der Waals surface area (Å²) in [4.78, 5) is 11.6. The monoisotopic (exact) mass is 327 g/mol. The largest absolute Gasteiger partial charge is 0.481 e. The molecule has 0 heterocycles. The summed E-state index contributed by atoms with van der Waals surface area (Å²) in [5.41, 5.74) is 0. The second kappa shape index (κ2) is 8.86. The first-order valence-electron chi connectivity index (χ1n) is 8.04. The Morgan fingerprint density at radius 3 is 1.96 bits per heavy atom. The van der Waals surface area contributed by atoms with Gasteiger partial charge in [-0.05, 0) is 17.0 Å². The number of unbranched alkanes of at least 4 members (excludes halogenated alkanes) is 1. The van der Waals surface area contributed by atoms with Gasteiger partial charge in [0.1, 0.15) is 7.85 Å². The van der Waals surface area contributed by atoms with Gasteiger partial charge < -0.3 is 5.11 Å². The predicted octanol–water partition coefficient (Wildman–Crippen LogP) is 2.18. The van der Waals surface area contributed by atoms with Crippen molar-refractivity contribution in [2.45, 2.75) is 25.7 Å². The fourth-order valence-electron chi connectivity index (χ4n) is 2.50. The van der Waals surface area contributed by atoms with Gasteiger partial charge >= 0.3 is 5.97 Å². The molecule has 1 N–H and O–H groups in total. The van der Waals surface area contributed by atoms with Crippen LogP contribution >= 0.6 is 8.07 Å². The van der Waals surface area contributed by atoms with Gasteiger partial charge in [-0.1, -0.05) is 74.0 Å². The standard InChI is InChI=1S/C18H23BNO2P/c1-2-3-14-20(17(19)18(21)22)23(15-10-6-4-7-11-15)16-12-8-5-9-13-16/h4-13,17H,2-3,14,19H2,1H3,(H,21,22). The first kappa shape index (κ1) is 17.7. The third-order valence-electron chi connectivity index (χ3n) is 3.80. The van der Waals surface area contributed by atoms with E-state index in [9.17, 15) is 9.90 Å². The molecule has 2 rings (SSSR count). The molecule has 0 radical (unpaired) electrons. The molecule has 5 heteroatoms. The normalized spacial score (nSPS) is 12.5. The van der Waals surface area contributed by atoms with E-state index in [4.69, 9.17) is 0 Å². The average Bonchev–Trinajstić information content (AvgIpc) is 2.59. The highest BCUT2D eigenvalue weighted by molar-refractivity contribution is 7.70. The summed E-state index contributed by atoms with van der Waals surface area (Å²) in [6.07, 6.45) is 2.05. The molecule has 0 aliphatic rings. The predicted molar refractivity (Wildman–Crippen MR) is 101 cm³/mol. The summed E-state index contributed by atoms with van der Waals surface area (Å²) in [5, 5.41) is 11.9. The van der Waals surface area contributed by atoms with Crippen LogP contribution in [-0.4, -0.2) is 36.1 Å². The Labute approximate surface area is 140 Å². The Kier molecular flexibility index (Phi) is 6.82. The van der Waals surface area contributed by atoms with E-state index in [0.717, 1.165) is 19.4 Å². The number of carboxylic acids is 1. The number of aliphatic carboxylic acids is 1. The number of carbonyl (C=O) groups is 1. The SMILES string of the molecule is BC(C(=O)O)N(CCCC)P(c1ccccc1)c1ccccc1. The Morgan fingerprint density at radius 1 is 1.09 bits per heavy atom. The zero-order valence-electron chi connectivity index (χ0n) is 13.7. The Hall–Kier alpha value is -1.64. The molecule has 0 aliphatic heterocycles. The van der Waals surface area contributed by atoms with Gasteiger partial charge in [-0.3, -0.25) is 9.46 Å². The highest BCUT2D eigenvalue weighted by atomic mass is 31.1. The highest BCUT2D eigenvalue weighted by Crippen LogP contribution is 2.39. The zero-order valence-corrected chi connectivity index (χ0v) is 14.6. The number of hydrogen-bond donors (Lipinski definition) is 1. The van der Waals surface area contributed by atoms with Gasteiger partial charge in [0.15, 0.2) is 0 Å². The molecule has 0 spiro atoms. The van der Waals surface area contributed by atoms with E-state index in [1.807, 2.05) is 36.4 Å². The van der Waals surface area contributed by atoms with Crippen molar-refractivity contribution in [2.75, 3.05) is 6.54 Å². The minimum Gasteiger partial charge on any atom is -0.481 e. The fraction of sp³-hybridized carbons (Fsp3) is 0.278. The molecule has 1 atom stereocenters. The minimum absolute atomic E-state index is 0.506. The molecule has 0 aliphatic carbocycles. The average molecular weight is 327 g/mol. The van der Waals surface area contributed by atoms with E-state index in [2.05, 4.69) is 35.9 Å². The van der Waals surface area contributed by atoms with Crippen LogP contribution in [0.1, 0.15) is 19.8 Å². The smallest absolute Gasteiger partial charge is 0.312 e. The summed E-state index contributed by atoms with van der Waals surface area (Å²) in [6.45, 7) is 2.93. The van der Waals surface area contributed by atoms with Gasteiger partial charge in [-0.15, -0.1) is 0 Å². The third-order valence-corrected chi connectivity index (χ3v) is 6.44. The van der Waals surface area contributed by atoms with Gasteiger partial charge in [-0.2, -0.15) is 0 Å². The summed E-state index contributed by atoms with van der Waals surface area (Å²) in [6, 6.07) is 20.5. The van der Waals surface area contributed by atoms with Crippen molar-refractivity contribution in [3.05, 3.63) is 60.7 Å². The maximum absolute atomic E-state index is 11.6. The van der Waals surface area contributed by atoms with E-state index >= 15 is 0 Å². The lowest BCUT2D eigenvalue weighted by Crippen LogP contribution is -2.42. The van der Waals surface area contributed by atoms with Crippen molar-refractivity contribution >= 4 is 32.5 Å². The first-order valence-corrected chi connectivity index (χ1v) is 9.34. The van der Waals surface area contributed by atoms with Crippen molar-refractivity contribution in [2.24, 2.45) is 0 Å². The maximum atomic E-state index is 11.6. The highest BCUT2D eigenvalue weighted by Gasteiger charge is 2.29. The molecule has 1 unspecified atom stereocenters. The van der Waals surface area contributed by atoms with Crippen molar-refractivity contribution in [1.82, 2.24) is 4.67 Å².